The van der Waals surface area contributed by atoms with Gasteiger partial charge in [0, 0.05) is 12.6 Å². The molecule has 2 nitrogen and oxygen atoms in total. The second-order valence-electron chi connectivity index (χ2n) is 5.79. The number of nitriles is 1. The molecular weight excluding hydrogens is 280 g/mol. The summed E-state index contributed by atoms with van der Waals surface area (Å²) in [5, 5.41) is 9.54. The highest BCUT2D eigenvalue weighted by Gasteiger charge is 2.32. The molecule has 110 valence electrons. The van der Waals surface area contributed by atoms with Crippen LogP contribution in [0.3, 0.4) is 0 Å². The van der Waals surface area contributed by atoms with E-state index < -0.39 is 0 Å². The summed E-state index contributed by atoms with van der Waals surface area (Å²) >= 11 is 0. The molecular formula is C21H16N2. The summed E-state index contributed by atoms with van der Waals surface area (Å²) in [6, 6.07) is 23.3. The van der Waals surface area contributed by atoms with Crippen LogP contribution in [0.5, 0.6) is 0 Å². The smallest absolute Gasteiger partial charge is 0.0969 e. The van der Waals surface area contributed by atoms with Gasteiger partial charge in [-0.25, -0.2) is 0 Å². The van der Waals surface area contributed by atoms with Gasteiger partial charge in [0.05, 0.1) is 23.4 Å². The highest BCUT2D eigenvalue weighted by Crippen LogP contribution is 2.42. The van der Waals surface area contributed by atoms with E-state index in [4.69, 9.17) is 0 Å². The molecule has 0 amide bonds. The van der Waals surface area contributed by atoms with E-state index in [0.29, 0.717) is 0 Å². The van der Waals surface area contributed by atoms with Crippen molar-refractivity contribution in [2.45, 2.75) is 12.5 Å². The average molecular weight is 296 g/mol. The Morgan fingerprint density at radius 3 is 2.35 bits per heavy atom. The number of rotatable bonds is 2. The summed E-state index contributed by atoms with van der Waals surface area (Å²) in [5.41, 5.74) is 5.46. The second kappa shape index (κ2) is 5.62. The van der Waals surface area contributed by atoms with Crippen molar-refractivity contribution in [3.05, 3.63) is 101 Å². The molecule has 0 spiro atoms. The molecule has 0 saturated heterocycles. The van der Waals surface area contributed by atoms with Crippen LogP contribution in [0.2, 0.25) is 0 Å². The first-order valence-electron chi connectivity index (χ1n) is 7.78. The first kappa shape index (κ1) is 13.6. The summed E-state index contributed by atoms with van der Waals surface area (Å²) in [4.78, 5) is 2.22. The summed E-state index contributed by atoms with van der Waals surface area (Å²) in [7, 11) is 0. The molecule has 2 aromatic rings. The van der Waals surface area contributed by atoms with E-state index in [1.807, 2.05) is 24.3 Å². The van der Waals surface area contributed by atoms with E-state index in [1.165, 1.54) is 11.1 Å². The van der Waals surface area contributed by atoms with Crippen LogP contribution in [-0.2, 0) is 0 Å². The lowest BCUT2D eigenvalue weighted by Crippen LogP contribution is -2.18. The van der Waals surface area contributed by atoms with Crippen molar-refractivity contribution in [3.8, 4) is 6.07 Å². The third-order valence-electron chi connectivity index (χ3n) is 4.45. The maximum Gasteiger partial charge on any atom is 0.0969 e. The number of hydrogen-bond acceptors (Lipinski definition) is 2. The predicted molar refractivity (Wildman–Crippen MR) is 91.8 cm³/mol. The van der Waals surface area contributed by atoms with E-state index in [1.54, 1.807) is 0 Å². The lowest BCUT2D eigenvalue weighted by molar-refractivity contribution is 0.388. The Hall–Kier alpha value is -3.05. The summed E-state index contributed by atoms with van der Waals surface area (Å²) < 4.78 is 0. The molecule has 0 bridgehead atoms. The molecule has 23 heavy (non-hydrogen) atoms. The largest absolute Gasteiger partial charge is 0.339 e. The quantitative estimate of drug-likeness (QED) is 0.794. The molecule has 1 unspecified atom stereocenters. The molecule has 2 aromatic carbocycles. The van der Waals surface area contributed by atoms with Gasteiger partial charge in [0.25, 0.3) is 0 Å². The van der Waals surface area contributed by atoms with E-state index in [-0.39, 0.29) is 6.04 Å². The summed E-state index contributed by atoms with van der Waals surface area (Å²) in [6.45, 7) is 0. The van der Waals surface area contributed by atoms with Gasteiger partial charge in [-0.1, -0.05) is 60.7 Å². The maximum absolute atomic E-state index is 9.54. The molecule has 0 aromatic heterocycles. The van der Waals surface area contributed by atoms with Gasteiger partial charge in [-0.15, -0.1) is 0 Å². The van der Waals surface area contributed by atoms with Gasteiger partial charge >= 0.3 is 0 Å². The first-order chi connectivity index (χ1) is 11.4. The third kappa shape index (κ3) is 2.37. The minimum atomic E-state index is 0.214. The highest BCUT2D eigenvalue weighted by molar-refractivity contribution is 5.78. The van der Waals surface area contributed by atoms with Gasteiger partial charge in [-0.3, -0.25) is 0 Å². The van der Waals surface area contributed by atoms with Crippen molar-refractivity contribution >= 4 is 5.57 Å². The van der Waals surface area contributed by atoms with Gasteiger partial charge < -0.3 is 4.90 Å². The van der Waals surface area contributed by atoms with Gasteiger partial charge in [0.2, 0.25) is 0 Å². The van der Waals surface area contributed by atoms with Crippen molar-refractivity contribution in [2.24, 2.45) is 0 Å². The van der Waals surface area contributed by atoms with Crippen LogP contribution in [0, 0.1) is 11.3 Å². The molecule has 0 fully saturated rings. The maximum atomic E-state index is 9.54. The molecule has 0 aliphatic carbocycles. The Morgan fingerprint density at radius 2 is 1.65 bits per heavy atom. The van der Waals surface area contributed by atoms with Crippen molar-refractivity contribution < 1.29 is 0 Å². The highest BCUT2D eigenvalue weighted by atomic mass is 15.2. The molecule has 0 N–H and O–H groups in total. The van der Waals surface area contributed by atoms with E-state index in [9.17, 15) is 5.26 Å². The number of benzene rings is 2. The summed E-state index contributed by atoms with van der Waals surface area (Å²) in [6.07, 6.45) is 7.14. The fourth-order valence-electron chi connectivity index (χ4n) is 3.29. The standard InChI is InChI=1S/C21H16N2/c22-15-19-14-20(17-9-5-2-6-10-17)23-12-11-18(13-21(19)23)16-7-3-1-4-8-16/h1-13,20H,14H2. The van der Waals surface area contributed by atoms with Crippen LogP contribution in [0.15, 0.2) is 90.3 Å². The van der Waals surface area contributed by atoms with E-state index >= 15 is 0 Å². The Balaban J connectivity index is 1.73. The van der Waals surface area contributed by atoms with Gasteiger partial charge in [-0.05, 0) is 28.9 Å². The van der Waals surface area contributed by atoms with Crippen LogP contribution in [-0.4, -0.2) is 4.90 Å². The molecule has 2 heteroatoms. The van der Waals surface area contributed by atoms with E-state index in [0.717, 1.165) is 23.3 Å². The fraction of sp³-hybridized carbons (Fsp3) is 0.0952. The monoisotopic (exact) mass is 296 g/mol. The number of nitrogens with zero attached hydrogens (tertiary/aromatic N) is 2. The number of hydrogen-bond donors (Lipinski definition) is 0. The Labute approximate surface area is 136 Å². The first-order valence-corrected chi connectivity index (χ1v) is 7.78. The number of fused-ring (bicyclic) bond motifs is 1. The molecule has 2 heterocycles. The van der Waals surface area contributed by atoms with Crippen LogP contribution >= 0.6 is 0 Å². The second-order valence-corrected chi connectivity index (χ2v) is 5.79. The number of allylic oxidation sites excluding steroid dienone is 3. The Bertz CT molecular complexity index is 852. The van der Waals surface area contributed by atoms with Crippen LogP contribution in [0.25, 0.3) is 5.57 Å². The zero-order valence-corrected chi connectivity index (χ0v) is 12.7. The average Bonchev–Trinajstić information content (AvgIpc) is 3.01. The molecule has 4 rings (SSSR count). The lowest BCUT2D eigenvalue weighted by Gasteiger charge is -2.28. The zero-order valence-electron chi connectivity index (χ0n) is 12.7. The Morgan fingerprint density at radius 1 is 0.957 bits per heavy atom. The van der Waals surface area contributed by atoms with Crippen molar-refractivity contribution in [2.75, 3.05) is 0 Å². The molecule has 1 atom stereocenters. The van der Waals surface area contributed by atoms with Gasteiger partial charge in [0.15, 0.2) is 0 Å². The fourth-order valence-corrected chi connectivity index (χ4v) is 3.29. The van der Waals surface area contributed by atoms with Gasteiger partial charge in [-0.2, -0.15) is 5.26 Å². The summed E-state index contributed by atoms with van der Waals surface area (Å²) in [5.74, 6) is 0. The normalized spacial score (nSPS) is 19.3. The van der Waals surface area contributed by atoms with Crippen molar-refractivity contribution in [1.82, 2.24) is 4.90 Å². The van der Waals surface area contributed by atoms with Crippen LogP contribution < -0.4 is 0 Å². The van der Waals surface area contributed by atoms with E-state index in [2.05, 4.69) is 65.7 Å². The Kier molecular flexibility index (Phi) is 3.33. The van der Waals surface area contributed by atoms with Crippen molar-refractivity contribution in [3.63, 3.8) is 0 Å². The third-order valence-corrected chi connectivity index (χ3v) is 4.45. The molecule has 0 saturated carbocycles. The minimum absolute atomic E-state index is 0.214. The lowest BCUT2D eigenvalue weighted by atomic mass is 10.0. The zero-order chi connectivity index (χ0) is 15.6. The van der Waals surface area contributed by atoms with Crippen LogP contribution in [0.1, 0.15) is 23.6 Å². The topological polar surface area (TPSA) is 27.0 Å². The molecule has 2 aliphatic rings. The SMILES string of the molecule is N#CC1=C2C=C(c3ccccc3)C=CN2C(c2ccccc2)C1. The van der Waals surface area contributed by atoms with Gasteiger partial charge in [0.1, 0.15) is 0 Å². The van der Waals surface area contributed by atoms with Crippen LogP contribution in [0.4, 0.5) is 0 Å². The molecule has 0 radical (unpaired) electrons. The predicted octanol–water partition coefficient (Wildman–Crippen LogP) is 4.82. The minimum Gasteiger partial charge on any atom is -0.339 e. The van der Waals surface area contributed by atoms with Crippen molar-refractivity contribution in [1.29, 1.82) is 5.26 Å². The molecule has 2 aliphatic heterocycles.